The van der Waals surface area contributed by atoms with Crippen molar-refractivity contribution in [2.75, 3.05) is 13.1 Å². The zero-order valence-electron chi connectivity index (χ0n) is 9.13. The Morgan fingerprint density at radius 1 is 1.69 bits per heavy atom. The van der Waals surface area contributed by atoms with E-state index in [4.69, 9.17) is 5.73 Å². The van der Waals surface area contributed by atoms with Gasteiger partial charge in [-0.1, -0.05) is 0 Å². The Morgan fingerprint density at radius 2 is 2.31 bits per heavy atom. The molecule has 0 atom stereocenters. The van der Waals surface area contributed by atoms with Crippen LogP contribution in [0.1, 0.15) is 16.2 Å². The topological polar surface area (TPSA) is 72.9 Å². The van der Waals surface area contributed by atoms with Crippen LogP contribution < -0.4 is 11.1 Å². The summed E-state index contributed by atoms with van der Waals surface area (Å²) in [6.07, 6.45) is 0. The molecule has 0 aliphatic carbocycles. The molecule has 1 amide bonds. The first-order chi connectivity index (χ1) is 7.35. The van der Waals surface area contributed by atoms with E-state index >= 15 is 0 Å². The van der Waals surface area contributed by atoms with E-state index < -0.39 is 24.9 Å². The molecule has 16 heavy (non-hydrogen) atoms. The van der Waals surface area contributed by atoms with E-state index in [1.54, 1.807) is 14.0 Å². The fourth-order valence-electron chi connectivity index (χ4n) is 1.04. The quantitative estimate of drug-likeness (QED) is 0.770. The summed E-state index contributed by atoms with van der Waals surface area (Å²) < 4.78 is 27.0. The molecule has 0 aliphatic rings. The van der Waals surface area contributed by atoms with Crippen molar-refractivity contribution in [3.05, 3.63) is 17.5 Å². The SMILES string of the molecule is Cc1cc(C(=O)NCC(F)(F)CN)nn1C. The molecule has 90 valence electrons. The molecule has 0 unspecified atom stereocenters. The molecule has 5 nitrogen and oxygen atoms in total. The number of hydrogen-bond acceptors (Lipinski definition) is 3. The van der Waals surface area contributed by atoms with Crippen LogP contribution in [0.5, 0.6) is 0 Å². The van der Waals surface area contributed by atoms with Gasteiger partial charge in [0, 0.05) is 12.7 Å². The maximum Gasteiger partial charge on any atom is 0.277 e. The van der Waals surface area contributed by atoms with Crippen molar-refractivity contribution in [2.45, 2.75) is 12.8 Å². The first-order valence-electron chi connectivity index (χ1n) is 4.72. The van der Waals surface area contributed by atoms with E-state index in [1.807, 2.05) is 0 Å². The number of alkyl halides is 2. The van der Waals surface area contributed by atoms with Crippen LogP contribution in [0.4, 0.5) is 8.78 Å². The standard InChI is InChI=1S/C9H14F2N4O/c1-6-3-7(14-15(6)2)8(16)13-5-9(10,11)4-12/h3H,4-5,12H2,1-2H3,(H,13,16). The second-order valence-electron chi connectivity index (χ2n) is 3.54. The third-order valence-corrected chi connectivity index (χ3v) is 2.15. The summed E-state index contributed by atoms with van der Waals surface area (Å²) in [5.74, 6) is -3.71. The van der Waals surface area contributed by atoms with Gasteiger partial charge in [0.1, 0.15) is 5.69 Å². The molecule has 0 radical (unpaired) electrons. The lowest BCUT2D eigenvalue weighted by Gasteiger charge is -2.13. The highest BCUT2D eigenvalue weighted by molar-refractivity contribution is 5.92. The van der Waals surface area contributed by atoms with E-state index in [9.17, 15) is 13.6 Å². The number of halogens is 2. The average Bonchev–Trinajstić information content (AvgIpc) is 2.56. The van der Waals surface area contributed by atoms with Crippen LogP contribution in [0.25, 0.3) is 0 Å². The number of nitrogens with two attached hydrogens (primary N) is 1. The Morgan fingerprint density at radius 3 is 2.75 bits per heavy atom. The van der Waals surface area contributed by atoms with Crippen LogP contribution in [-0.2, 0) is 7.05 Å². The van der Waals surface area contributed by atoms with Crippen LogP contribution >= 0.6 is 0 Å². The molecular formula is C9H14F2N4O. The summed E-state index contributed by atoms with van der Waals surface area (Å²) in [7, 11) is 1.67. The smallest absolute Gasteiger partial charge is 0.277 e. The van der Waals surface area contributed by atoms with E-state index in [1.165, 1.54) is 10.7 Å². The Bertz CT molecular complexity index is 369. The Hall–Kier alpha value is -1.50. The molecule has 0 aromatic carbocycles. The molecule has 0 fully saturated rings. The van der Waals surface area contributed by atoms with Crippen molar-refractivity contribution in [2.24, 2.45) is 12.8 Å². The molecule has 0 aliphatic heterocycles. The van der Waals surface area contributed by atoms with Gasteiger partial charge >= 0.3 is 0 Å². The maximum atomic E-state index is 12.7. The van der Waals surface area contributed by atoms with Gasteiger partial charge in [-0.2, -0.15) is 5.10 Å². The van der Waals surface area contributed by atoms with Crippen molar-refractivity contribution in [3.63, 3.8) is 0 Å². The summed E-state index contributed by atoms with van der Waals surface area (Å²) in [4.78, 5) is 11.4. The Labute approximate surface area is 91.6 Å². The number of aromatic nitrogens is 2. The predicted molar refractivity (Wildman–Crippen MR) is 54.3 cm³/mol. The lowest BCUT2D eigenvalue weighted by Crippen LogP contribution is -2.41. The van der Waals surface area contributed by atoms with Gasteiger partial charge in [-0.05, 0) is 13.0 Å². The number of nitrogens with zero attached hydrogens (tertiary/aromatic N) is 2. The number of aryl methyl sites for hydroxylation is 2. The van der Waals surface area contributed by atoms with Gasteiger partial charge in [0.15, 0.2) is 0 Å². The van der Waals surface area contributed by atoms with Crippen molar-refractivity contribution >= 4 is 5.91 Å². The highest BCUT2D eigenvalue weighted by Gasteiger charge is 2.27. The van der Waals surface area contributed by atoms with Crippen molar-refractivity contribution < 1.29 is 13.6 Å². The number of carbonyl (C=O) groups excluding carboxylic acids is 1. The normalized spacial score (nSPS) is 11.6. The van der Waals surface area contributed by atoms with Crippen LogP contribution in [0.3, 0.4) is 0 Å². The third kappa shape index (κ3) is 2.99. The molecule has 7 heteroatoms. The van der Waals surface area contributed by atoms with Gasteiger partial charge in [-0.25, -0.2) is 8.78 Å². The minimum absolute atomic E-state index is 0.118. The predicted octanol–water partition coefficient (Wildman–Crippen LogP) is 0.0523. The molecule has 1 heterocycles. The third-order valence-electron chi connectivity index (χ3n) is 2.15. The number of amides is 1. The largest absolute Gasteiger partial charge is 0.345 e. The van der Waals surface area contributed by atoms with Crippen molar-refractivity contribution in [1.29, 1.82) is 0 Å². The zero-order valence-corrected chi connectivity index (χ0v) is 9.13. The van der Waals surface area contributed by atoms with Gasteiger partial charge in [0.05, 0.1) is 13.1 Å². The highest BCUT2D eigenvalue weighted by Crippen LogP contribution is 2.09. The van der Waals surface area contributed by atoms with E-state index in [-0.39, 0.29) is 5.69 Å². The molecular weight excluding hydrogens is 218 g/mol. The number of rotatable bonds is 4. The minimum Gasteiger partial charge on any atom is -0.345 e. The molecule has 3 N–H and O–H groups in total. The van der Waals surface area contributed by atoms with E-state index in [0.717, 1.165) is 5.69 Å². The van der Waals surface area contributed by atoms with Gasteiger partial charge in [-0.3, -0.25) is 9.48 Å². The second-order valence-corrected chi connectivity index (χ2v) is 3.54. The summed E-state index contributed by atoms with van der Waals surface area (Å²) >= 11 is 0. The Balaban J connectivity index is 2.60. The highest BCUT2D eigenvalue weighted by atomic mass is 19.3. The van der Waals surface area contributed by atoms with Crippen molar-refractivity contribution in [1.82, 2.24) is 15.1 Å². The lowest BCUT2D eigenvalue weighted by molar-refractivity contribution is 0.0118. The first kappa shape index (κ1) is 12.6. The number of carbonyl (C=O) groups is 1. The summed E-state index contributed by atoms with van der Waals surface area (Å²) in [6.45, 7) is 0.185. The lowest BCUT2D eigenvalue weighted by atomic mass is 10.3. The van der Waals surface area contributed by atoms with E-state index in [0.29, 0.717) is 0 Å². The average molecular weight is 232 g/mol. The molecule has 0 spiro atoms. The van der Waals surface area contributed by atoms with Crippen LogP contribution in [0.2, 0.25) is 0 Å². The molecule has 1 rings (SSSR count). The van der Waals surface area contributed by atoms with Crippen molar-refractivity contribution in [3.8, 4) is 0 Å². The molecule has 0 bridgehead atoms. The second kappa shape index (κ2) is 4.56. The van der Waals surface area contributed by atoms with Gasteiger partial charge < -0.3 is 11.1 Å². The molecule has 1 aromatic rings. The van der Waals surface area contributed by atoms with Gasteiger partial charge in [0.2, 0.25) is 0 Å². The number of hydrogen-bond donors (Lipinski definition) is 2. The molecule has 0 saturated heterocycles. The fraction of sp³-hybridized carbons (Fsp3) is 0.556. The van der Waals surface area contributed by atoms with Gasteiger partial charge in [0.25, 0.3) is 11.8 Å². The zero-order chi connectivity index (χ0) is 12.3. The Kier molecular flexibility index (Phi) is 3.58. The van der Waals surface area contributed by atoms with Crippen LogP contribution in [0, 0.1) is 6.92 Å². The summed E-state index contributed by atoms with van der Waals surface area (Å²) in [5.41, 5.74) is 5.73. The van der Waals surface area contributed by atoms with Crippen LogP contribution in [-0.4, -0.2) is 34.7 Å². The van der Waals surface area contributed by atoms with E-state index in [2.05, 4.69) is 10.4 Å². The first-order valence-corrected chi connectivity index (χ1v) is 4.72. The fourth-order valence-corrected chi connectivity index (χ4v) is 1.04. The van der Waals surface area contributed by atoms with Crippen LogP contribution in [0.15, 0.2) is 6.07 Å². The summed E-state index contributed by atoms with van der Waals surface area (Å²) in [6, 6.07) is 1.52. The molecule has 1 aromatic heterocycles. The minimum atomic E-state index is -3.08. The number of nitrogens with one attached hydrogen (secondary N) is 1. The monoisotopic (exact) mass is 232 g/mol. The van der Waals surface area contributed by atoms with Gasteiger partial charge in [-0.15, -0.1) is 0 Å². The molecule has 0 saturated carbocycles. The summed E-state index contributed by atoms with van der Waals surface area (Å²) in [5, 5.41) is 5.95. The maximum absolute atomic E-state index is 12.7.